The largest absolute Gasteiger partial charge is 0.486 e. The zero-order chi connectivity index (χ0) is 21.2. The van der Waals surface area contributed by atoms with Crippen LogP contribution in [0.2, 0.25) is 0 Å². The first-order valence-electron chi connectivity index (χ1n) is 9.93. The van der Waals surface area contributed by atoms with E-state index in [1.807, 2.05) is 60.7 Å². The van der Waals surface area contributed by atoms with Gasteiger partial charge in [-0.05, 0) is 36.2 Å². The molecule has 0 aliphatic rings. The second kappa shape index (κ2) is 10.9. The second-order valence-corrected chi connectivity index (χ2v) is 6.76. The summed E-state index contributed by atoms with van der Waals surface area (Å²) in [6, 6.07) is 22.1. The van der Waals surface area contributed by atoms with Gasteiger partial charge in [-0.2, -0.15) is 0 Å². The van der Waals surface area contributed by atoms with Gasteiger partial charge in [0.15, 0.2) is 6.61 Å². The van der Waals surface area contributed by atoms with Crippen molar-refractivity contribution in [1.29, 1.82) is 0 Å². The number of rotatable bonds is 10. The Morgan fingerprint density at radius 2 is 1.67 bits per heavy atom. The van der Waals surface area contributed by atoms with Gasteiger partial charge in [0.1, 0.15) is 18.1 Å². The summed E-state index contributed by atoms with van der Waals surface area (Å²) < 4.78 is 16.1. The van der Waals surface area contributed by atoms with Crippen LogP contribution in [-0.2, 0) is 16.1 Å². The first kappa shape index (κ1) is 21.2. The summed E-state index contributed by atoms with van der Waals surface area (Å²) in [6.45, 7) is 1.87. The lowest BCUT2D eigenvalue weighted by molar-refractivity contribution is -0.125. The molecule has 0 saturated carbocycles. The molecule has 6 heteroatoms. The maximum Gasteiger partial charge on any atom is 0.374 e. The van der Waals surface area contributed by atoms with Crippen molar-refractivity contribution < 1.29 is 23.5 Å². The van der Waals surface area contributed by atoms with E-state index in [1.165, 1.54) is 6.07 Å². The molecule has 0 bridgehead atoms. The fraction of sp³-hybridized carbons (Fsp3) is 0.250. The zero-order valence-electron chi connectivity index (χ0n) is 16.9. The van der Waals surface area contributed by atoms with Crippen LogP contribution in [0.25, 0.3) is 0 Å². The topological polar surface area (TPSA) is 77.8 Å². The Labute approximate surface area is 175 Å². The summed E-state index contributed by atoms with van der Waals surface area (Å²) in [5, 5.41) is 2.92. The Bertz CT molecular complexity index is 936. The first-order valence-corrected chi connectivity index (χ1v) is 9.93. The highest BCUT2D eigenvalue weighted by Crippen LogP contribution is 2.18. The molecule has 0 saturated heterocycles. The minimum Gasteiger partial charge on any atom is -0.486 e. The predicted octanol–water partition coefficient (Wildman–Crippen LogP) is 4.67. The molecule has 6 nitrogen and oxygen atoms in total. The molecular weight excluding hydrogens is 382 g/mol. The van der Waals surface area contributed by atoms with Crippen molar-refractivity contribution >= 4 is 11.9 Å². The molecule has 3 aromatic rings. The number of carbonyl (C=O) groups is 2. The Balaban J connectivity index is 1.47. The molecule has 0 radical (unpaired) electrons. The van der Waals surface area contributed by atoms with E-state index < -0.39 is 5.97 Å². The van der Waals surface area contributed by atoms with Crippen LogP contribution in [0.15, 0.2) is 77.2 Å². The van der Waals surface area contributed by atoms with Crippen LogP contribution in [0.5, 0.6) is 5.75 Å². The zero-order valence-corrected chi connectivity index (χ0v) is 16.9. The van der Waals surface area contributed by atoms with Gasteiger partial charge >= 0.3 is 5.97 Å². The van der Waals surface area contributed by atoms with Gasteiger partial charge in [-0.15, -0.1) is 0 Å². The molecule has 0 aliphatic heterocycles. The molecule has 1 aromatic heterocycles. The van der Waals surface area contributed by atoms with Gasteiger partial charge in [-0.25, -0.2) is 4.79 Å². The normalized spacial score (nSPS) is 11.5. The van der Waals surface area contributed by atoms with Crippen molar-refractivity contribution in [2.24, 2.45) is 0 Å². The lowest BCUT2D eigenvalue weighted by atomic mass is 10.0. The summed E-state index contributed by atoms with van der Waals surface area (Å²) in [5.74, 6) is 0.174. The van der Waals surface area contributed by atoms with Gasteiger partial charge in [0.2, 0.25) is 5.76 Å². The molecule has 156 valence electrons. The second-order valence-electron chi connectivity index (χ2n) is 6.76. The highest BCUT2D eigenvalue weighted by Gasteiger charge is 2.17. The lowest BCUT2D eigenvalue weighted by Gasteiger charge is -2.18. The molecule has 0 aliphatic carbocycles. The Morgan fingerprint density at radius 1 is 0.967 bits per heavy atom. The monoisotopic (exact) mass is 407 g/mol. The number of carbonyl (C=O) groups excluding carboxylic acids is 2. The molecule has 0 fully saturated rings. The van der Waals surface area contributed by atoms with Crippen LogP contribution in [0, 0.1) is 0 Å². The van der Waals surface area contributed by atoms with Crippen LogP contribution in [0.1, 0.15) is 47.7 Å². The van der Waals surface area contributed by atoms with Gasteiger partial charge in [0.25, 0.3) is 5.91 Å². The summed E-state index contributed by atoms with van der Waals surface area (Å²) in [6.07, 6.45) is 1.71. The minimum atomic E-state index is -0.692. The third-order valence-corrected chi connectivity index (χ3v) is 4.44. The molecular formula is C24H25NO5. The van der Waals surface area contributed by atoms with Crippen LogP contribution in [0.4, 0.5) is 0 Å². The van der Waals surface area contributed by atoms with Gasteiger partial charge in [-0.1, -0.05) is 61.9 Å². The number of hydrogen-bond donors (Lipinski definition) is 1. The van der Waals surface area contributed by atoms with E-state index in [2.05, 4.69) is 12.2 Å². The van der Waals surface area contributed by atoms with Crippen molar-refractivity contribution in [2.75, 3.05) is 6.61 Å². The lowest BCUT2D eigenvalue weighted by Crippen LogP contribution is -2.32. The molecule has 1 heterocycles. The average molecular weight is 407 g/mol. The third-order valence-electron chi connectivity index (χ3n) is 4.44. The Kier molecular flexibility index (Phi) is 7.66. The van der Waals surface area contributed by atoms with Crippen LogP contribution in [0.3, 0.4) is 0 Å². The van der Waals surface area contributed by atoms with E-state index >= 15 is 0 Å². The Hall–Kier alpha value is -3.54. The van der Waals surface area contributed by atoms with Crippen LogP contribution < -0.4 is 10.1 Å². The minimum absolute atomic E-state index is 0.0302. The molecule has 0 spiro atoms. The average Bonchev–Trinajstić information content (AvgIpc) is 3.26. The number of furan rings is 1. The molecule has 1 amide bonds. The fourth-order valence-electron chi connectivity index (χ4n) is 2.97. The van der Waals surface area contributed by atoms with Gasteiger partial charge in [0.05, 0.1) is 6.04 Å². The third kappa shape index (κ3) is 6.24. The summed E-state index contributed by atoms with van der Waals surface area (Å²) in [4.78, 5) is 24.4. The number of nitrogens with one attached hydrogen (secondary N) is 1. The summed E-state index contributed by atoms with van der Waals surface area (Å²) in [5.41, 5.74) is 1.02. The SMILES string of the molecule is CCCC(NC(=O)COC(=O)c1ccc(COc2ccccc2)o1)c1ccccc1. The Morgan fingerprint density at radius 3 is 2.37 bits per heavy atom. The fourth-order valence-corrected chi connectivity index (χ4v) is 2.97. The van der Waals surface area contributed by atoms with E-state index in [4.69, 9.17) is 13.9 Å². The van der Waals surface area contributed by atoms with Crippen LogP contribution >= 0.6 is 0 Å². The summed E-state index contributed by atoms with van der Waals surface area (Å²) in [7, 11) is 0. The number of benzene rings is 2. The van der Waals surface area contributed by atoms with Crippen molar-refractivity contribution in [1.82, 2.24) is 5.32 Å². The maximum atomic E-state index is 12.3. The van der Waals surface area contributed by atoms with Crippen LogP contribution in [-0.4, -0.2) is 18.5 Å². The number of para-hydroxylation sites is 1. The predicted molar refractivity (Wildman–Crippen MR) is 112 cm³/mol. The quantitative estimate of drug-likeness (QED) is 0.494. The van der Waals surface area contributed by atoms with E-state index in [0.717, 1.165) is 18.4 Å². The first-order chi connectivity index (χ1) is 14.7. The van der Waals surface area contributed by atoms with Crippen molar-refractivity contribution in [2.45, 2.75) is 32.4 Å². The number of ether oxygens (including phenoxy) is 2. The number of hydrogen-bond acceptors (Lipinski definition) is 5. The van der Waals surface area contributed by atoms with Gasteiger partial charge < -0.3 is 19.2 Å². The van der Waals surface area contributed by atoms with E-state index in [1.54, 1.807) is 6.07 Å². The molecule has 1 unspecified atom stereocenters. The molecule has 1 N–H and O–H groups in total. The number of esters is 1. The smallest absolute Gasteiger partial charge is 0.374 e. The molecule has 30 heavy (non-hydrogen) atoms. The standard InChI is InChI=1S/C24H25NO5/c1-2-9-21(18-10-5-3-6-11-18)25-23(26)17-29-24(27)22-15-14-20(30-22)16-28-19-12-7-4-8-13-19/h3-8,10-15,21H,2,9,16-17H2,1H3,(H,25,26). The van der Waals surface area contributed by atoms with E-state index in [9.17, 15) is 9.59 Å². The molecule has 1 atom stereocenters. The highest BCUT2D eigenvalue weighted by molar-refractivity contribution is 5.88. The molecule has 3 rings (SSSR count). The van der Waals surface area contributed by atoms with Gasteiger partial charge in [0, 0.05) is 0 Å². The molecule has 2 aromatic carbocycles. The van der Waals surface area contributed by atoms with Crippen molar-refractivity contribution in [3.63, 3.8) is 0 Å². The van der Waals surface area contributed by atoms with E-state index in [-0.39, 0.29) is 30.9 Å². The number of amides is 1. The highest BCUT2D eigenvalue weighted by atomic mass is 16.6. The summed E-state index contributed by atoms with van der Waals surface area (Å²) >= 11 is 0. The van der Waals surface area contributed by atoms with Gasteiger partial charge in [-0.3, -0.25) is 4.79 Å². The van der Waals surface area contributed by atoms with Crippen molar-refractivity contribution in [3.8, 4) is 5.75 Å². The maximum absolute atomic E-state index is 12.3. The van der Waals surface area contributed by atoms with Crippen molar-refractivity contribution in [3.05, 3.63) is 89.9 Å². The van der Waals surface area contributed by atoms with E-state index in [0.29, 0.717) is 11.5 Å².